The topological polar surface area (TPSA) is 44.3 Å². The summed E-state index contributed by atoms with van der Waals surface area (Å²) in [7, 11) is 4.18. The van der Waals surface area contributed by atoms with Crippen molar-refractivity contribution in [2.45, 2.75) is 25.8 Å². The van der Waals surface area contributed by atoms with Crippen molar-refractivity contribution in [1.82, 2.24) is 14.9 Å². The maximum absolute atomic E-state index is 13.8. The van der Waals surface area contributed by atoms with Crippen molar-refractivity contribution in [3.63, 3.8) is 0 Å². The van der Waals surface area contributed by atoms with Crippen molar-refractivity contribution < 1.29 is 4.39 Å². The van der Waals surface area contributed by atoms with Gasteiger partial charge in [0.1, 0.15) is 0 Å². The fourth-order valence-corrected chi connectivity index (χ4v) is 2.42. The Labute approximate surface area is 113 Å². The van der Waals surface area contributed by atoms with Crippen LogP contribution in [0.5, 0.6) is 0 Å². The Morgan fingerprint density at radius 1 is 1.42 bits per heavy atom. The third-order valence-electron chi connectivity index (χ3n) is 3.55. The standard InChI is InChI=1S/C13H22FN5/c1-4-15-13-16-9-11(14)12(17-13)19-7-5-10(6-8-19)18(2)3/h9-10H,4-8H2,1-3H3,(H,15,16,17). The normalized spacial score (nSPS) is 17.0. The number of piperidine rings is 1. The SMILES string of the molecule is CCNc1ncc(F)c(N2CCC(N(C)C)CC2)n1. The van der Waals surface area contributed by atoms with Crippen LogP contribution in [0.15, 0.2) is 6.20 Å². The predicted octanol–water partition coefficient (Wildman–Crippen LogP) is 1.58. The van der Waals surface area contributed by atoms with Gasteiger partial charge < -0.3 is 15.1 Å². The minimum Gasteiger partial charge on any atom is -0.354 e. The molecule has 0 saturated carbocycles. The average molecular weight is 267 g/mol. The zero-order valence-corrected chi connectivity index (χ0v) is 11.9. The van der Waals surface area contributed by atoms with Gasteiger partial charge in [-0.15, -0.1) is 0 Å². The first-order chi connectivity index (χ1) is 9.11. The van der Waals surface area contributed by atoms with Gasteiger partial charge in [0, 0.05) is 25.7 Å². The minimum absolute atomic E-state index is 0.343. The van der Waals surface area contributed by atoms with Gasteiger partial charge in [-0.2, -0.15) is 4.98 Å². The molecular weight excluding hydrogens is 245 g/mol. The Bertz CT molecular complexity index is 415. The molecule has 0 unspecified atom stereocenters. The van der Waals surface area contributed by atoms with Crippen LogP contribution in [0.3, 0.4) is 0 Å². The quantitative estimate of drug-likeness (QED) is 0.897. The number of rotatable bonds is 4. The summed E-state index contributed by atoms with van der Waals surface area (Å²) in [5.41, 5.74) is 0. The van der Waals surface area contributed by atoms with E-state index in [1.54, 1.807) is 0 Å². The summed E-state index contributed by atoms with van der Waals surface area (Å²) in [4.78, 5) is 12.5. The maximum Gasteiger partial charge on any atom is 0.224 e. The summed E-state index contributed by atoms with van der Waals surface area (Å²) in [5.74, 6) is 0.571. The highest BCUT2D eigenvalue weighted by molar-refractivity contribution is 5.44. The molecule has 1 aromatic heterocycles. The van der Waals surface area contributed by atoms with Crippen LogP contribution in [-0.4, -0.2) is 54.6 Å². The van der Waals surface area contributed by atoms with Gasteiger partial charge in [0.2, 0.25) is 5.95 Å². The van der Waals surface area contributed by atoms with Crippen LogP contribution in [0.4, 0.5) is 16.2 Å². The lowest BCUT2D eigenvalue weighted by Crippen LogP contribution is -2.42. The number of hydrogen-bond acceptors (Lipinski definition) is 5. The molecule has 1 aliphatic rings. The van der Waals surface area contributed by atoms with Gasteiger partial charge >= 0.3 is 0 Å². The van der Waals surface area contributed by atoms with E-state index < -0.39 is 0 Å². The van der Waals surface area contributed by atoms with Gasteiger partial charge in [-0.25, -0.2) is 9.37 Å². The van der Waals surface area contributed by atoms with Crippen molar-refractivity contribution in [3.8, 4) is 0 Å². The highest BCUT2D eigenvalue weighted by Crippen LogP contribution is 2.23. The predicted molar refractivity (Wildman–Crippen MR) is 75.1 cm³/mol. The van der Waals surface area contributed by atoms with Crippen LogP contribution in [0.1, 0.15) is 19.8 Å². The van der Waals surface area contributed by atoms with E-state index in [4.69, 9.17) is 0 Å². The van der Waals surface area contributed by atoms with Crippen LogP contribution in [0, 0.1) is 5.82 Å². The lowest BCUT2D eigenvalue weighted by atomic mass is 10.0. The Balaban J connectivity index is 2.08. The molecule has 0 atom stereocenters. The first-order valence-electron chi connectivity index (χ1n) is 6.79. The molecule has 2 heterocycles. The molecule has 1 fully saturated rings. The van der Waals surface area contributed by atoms with Crippen molar-refractivity contribution in [1.29, 1.82) is 0 Å². The summed E-state index contributed by atoms with van der Waals surface area (Å²) in [5, 5.41) is 3.02. The molecule has 1 N–H and O–H groups in total. The van der Waals surface area contributed by atoms with E-state index in [1.165, 1.54) is 6.20 Å². The van der Waals surface area contributed by atoms with E-state index in [0.29, 0.717) is 17.8 Å². The molecule has 0 spiro atoms. The molecule has 19 heavy (non-hydrogen) atoms. The van der Waals surface area contributed by atoms with Crippen LogP contribution in [0.25, 0.3) is 0 Å². The first kappa shape index (κ1) is 14.0. The van der Waals surface area contributed by atoms with Crippen molar-refractivity contribution in [2.24, 2.45) is 0 Å². The number of halogens is 1. The zero-order valence-electron chi connectivity index (χ0n) is 11.9. The van der Waals surface area contributed by atoms with Crippen molar-refractivity contribution in [2.75, 3.05) is 43.9 Å². The third-order valence-corrected chi connectivity index (χ3v) is 3.55. The molecule has 0 aromatic carbocycles. The van der Waals surface area contributed by atoms with E-state index in [9.17, 15) is 4.39 Å². The van der Waals surface area contributed by atoms with Gasteiger partial charge in [-0.05, 0) is 33.9 Å². The van der Waals surface area contributed by atoms with E-state index >= 15 is 0 Å². The molecule has 1 aliphatic heterocycles. The van der Waals surface area contributed by atoms with E-state index in [-0.39, 0.29) is 5.82 Å². The average Bonchev–Trinajstić information content (AvgIpc) is 2.41. The summed E-state index contributed by atoms with van der Waals surface area (Å²) < 4.78 is 13.8. The highest BCUT2D eigenvalue weighted by Gasteiger charge is 2.23. The molecule has 106 valence electrons. The van der Waals surface area contributed by atoms with Crippen LogP contribution in [0.2, 0.25) is 0 Å². The monoisotopic (exact) mass is 267 g/mol. The van der Waals surface area contributed by atoms with Gasteiger partial charge in [-0.1, -0.05) is 0 Å². The highest BCUT2D eigenvalue weighted by atomic mass is 19.1. The number of nitrogens with one attached hydrogen (secondary N) is 1. The molecular formula is C13H22FN5. The molecule has 5 nitrogen and oxygen atoms in total. The lowest BCUT2D eigenvalue weighted by molar-refractivity contribution is 0.249. The Hall–Kier alpha value is -1.43. The summed E-state index contributed by atoms with van der Waals surface area (Å²) in [6, 6.07) is 0.578. The van der Waals surface area contributed by atoms with E-state index in [1.807, 2.05) is 11.8 Å². The number of aromatic nitrogens is 2. The van der Waals surface area contributed by atoms with Crippen LogP contribution in [-0.2, 0) is 0 Å². The second-order valence-corrected chi connectivity index (χ2v) is 5.08. The maximum atomic E-state index is 13.8. The number of hydrogen-bond donors (Lipinski definition) is 1. The molecule has 0 amide bonds. The lowest BCUT2D eigenvalue weighted by Gasteiger charge is -2.35. The van der Waals surface area contributed by atoms with Gasteiger partial charge in [0.25, 0.3) is 0 Å². The number of anilines is 2. The van der Waals surface area contributed by atoms with Gasteiger partial charge in [-0.3, -0.25) is 0 Å². The second kappa shape index (κ2) is 6.14. The Morgan fingerprint density at radius 2 is 2.11 bits per heavy atom. The molecule has 2 rings (SSSR count). The van der Waals surface area contributed by atoms with Crippen LogP contribution >= 0.6 is 0 Å². The molecule has 0 radical (unpaired) electrons. The summed E-state index contributed by atoms with van der Waals surface area (Å²) >= 11 is 0. The fourth-order valence-electron chi connectivity index (χ4n) is 2.42. The van der Waals surface area contributed by atoms with E-state index in [0.717, 1.165) is 32.5 Å². The van der Waals surface area contributed by atoms with Gasteiger partial charge in [0.05, 0.1) is 6.20 Å². The van der Waals surface area contributed by atoms with E-state index in [2.05, 4.69) is 34.3 Å². The molecule has 6 heteroatoms. The van der Waals surface area contributed by atoms with Crippen LogP contribution < -0.4 is 10.2 Å². The second-order valence-electron chi connectivity index (χ2n) is 5.08. The molecule has 0 aliphatic carbocycles. The minimum atomic E-state index is -0.343. The number of nitrogens with zero attached hydrogens (tertiary/aromatic N) is 4. The molecule has 1 saturated heterocycles. The summed E-state index contributed by atoms with van der Waals surface area (Å²) in [6.07, 6.45) is 3.32. The van der Waals surface area contributed by atoms with Gasteiger partial charge in [0.15, 0.2) is 11.6 Å². The molecule has 1 aromatic rings. The largest absolute Gasteiger partial charge is 0.354 e. The summed E-state index contributed by atoms with van der Waals surface area (Å²) in [6.45, 7) is 4.37. The molecule has 0 bridgehead atoms. The van der Waals surface area contributed by atoms with Crippen molar-refractivity contribution in [3.05, 3.63) is 12.0 Å². The first-order valence-corrected chi connectivity index (χ1v) is 6.79. The zero-order chi connectivity index (χ0) is 13.8. The Kier molecular flexibility index (Phi) is 4.52. The third kappa shape index (κ3) is 3.32. The Morgan fingerprint density at radius 3 is 2.68 bits per heavy atom. The fraction of sp³-hybridized carbons (Fsp3) is 0.692. The smallest absolute Gasteiger partial charge is 0.224 e. The van der Waals surface area contributed by atoms with Crippen molar-refractivity contribution >= 4 is 11.8 Å².